The third-order valence-electron chi connectivity index (χ3n) is 3.36. The summed E-state index contributed by atoms with van der Waals surface area (Å²) in [5, 5.41) is 14.1. The second-order valence-electron chi connectivity index (χ2n) is 5.46. The number of benzene rings is 2. The Morgan fingerprint density at radius 1 is 1.19 bits per heavy atom. The van der Waals surface area contributed by atoms with Crippen molar-refractivity contribution in [2.75, 3.05) is 20.6 Å². The Labute approximate surface area is 159 Å². The van der Waals surface area contributed by atoms with Crippen LogP contribution in [0.2, 0.25) is 5.02 Å². The van der Waals surface area contributed by atoms with Crippen LogP contribution in [0, 0.1) is 10.1 Å². The van der Waals surface area contributed by atoms with Crippen molar-refractivity contribution in [1.29, 1.82) is 0 Å². The first kappa shape index (κ1) is 19.7. The van der Waals surface area contributed by atoms with Gasteiger partial charge in [-0.1, -0.05) is 23.4 Å². The molecule has 0 radical (unpaired) electrons. The van der Waals surface area contributed by atoms with Gasteiger partial charge in [-0.3, -0.25) is 19.7 Å². The van der Waals surface area contributed by atoms with Gasteiger partial charge in [0.1, 0.15) is 0 Å². The summed E-state index contributed by atoms with van der Waals surface area (Å²) in [5.41, 5.74) is -0.0692. The molecule has 26 heavy (non-hydrogen) atoms. The van der Waals surface area contributed by atoms with E-state index in [9.17, 15) is 19.7 Å². The summed E-state index contributed by atoms with van der Waals surface area (Å²) in [5.74, 6) is -0.837. The molecule has 0 aliphatic rings. The van der Waals surface area contributed by atoms with E-state index < -0.39 is 10.8 Å². The van der Waals surface area contributed by atoms with Crippen LogP contribution >= 0.6 is 23.4 Å². The number of likely N-dealkylation sites (N-methyl/N-ethyl adjacent to an activating group) is 1. The van der Waals surface area contributed by atoms with Crippen LogP contribution in [0.3, 0.4) is 0 Å². The van der Waals surface area contributed by atoms with Gasteiger partial charge in [-0.05, 0) is 30.3 Å². The van der Waals surface area contributed by atoms with Gasteiger partial charge in [0.05, 0.1) is 17.0 Å². The highest BCUT2D eigenvalue weighted by Crippen LogP contribution is 2.33. The lowest BCUT2D eigenvalue weighted by Crippen LogP contribution is -2.36. The summed E-state index contributed by atoms with van der Waals surface area (Å²) in [6.45, 7) is -0.195. The first-order valence-electron chi connectivity index (χ1n) is 7.48. The van der Waals surface area contributed by atoms with E-state index >= 15 is 0 Å². The molecule has 0 saturated heterocycles. The van der Waals surface area contributed by atoms with Gasteiger partial charge in [-0.15, -0.1) is 0 Å². The van der Waals surface area contributed by atoms with Crippen molar-refractivity contribution < 1.29 is 14.5 Å². The average molecular weight is 394 g/mol. The van der Waals surface area contributed by atoms with Gasteiger partial charge in [0.25, 0.3) is 11.6 Å². The average Bonchev–Trinajstić information content (AvgIpc) is 2.61. The van der Waals surface area contributed by atoms with Gasteiger partial charge in [-0.25, -0.2) is 0 Å². The minimum absolute atomic E-state index is 0.130. The molecular formula is C17H16ClN3O4S. The lowest BCUT2D eigenvalue weighted by molar-refractivity contribution is -0.384. The first-order chi connectivity index (χ1) is 12.3. The fourth-order valence-corrected chi connectivity index (χ4v) is 2.99. The molecule has 2 aromatic carbocycles. The van der Waals surface area contributed by atoms with E-state index in [2.05, 4.69) is 5.32 Å². The topological polar surface area (TPSA) is 92.6 Å². The molecule has 2 aromatic rings. The number of amides is 2. The van der Waals surface area contributed by atoms with E-state index in [1.165, 1.54) is 34.9 Å². The summed E-state index contributed by atoms with van der Waals surface area (Å²) < 4.78 is 0. The van der Waals surface area contributed by atoms with Crippen molar-refractivity contribution in [3.8, 4) is 0 Å². The maximum Gasteiger partial charge on any atom is 0.270 e. The van der Waals surface area contributed by atoms with Crippen LogP contribution in [-0.4, -0.2) is 42.3 Å². The van der Waals surface area contributed by atoms with Crippen molar-refractivity contribution in [2.24, 2.45) is 0 Å². The molecule has 0 aliphatic carbocycles. The van der Waals surface area contributed by atoms with Gasteiger partial charge < -0.3 is 10.2 Å². The SMILES string of the molecule is CN(C)C(=O)CNC(=O)c1cc([N+](=O)[O-])ccc1Sc1ccc(Cl)cc1. The summed E-state index contributed by atoms with van der Waals surface area (Å²) in [6, 6.07) is 11.0. The minimum Gasteiger partial charge on any atom is -0.347 e. The summed E-state index contributed by atoms with van der Waals surface area (Å²) in [4.78, 5) is 37.3. The molecule has 0 spiro atoms. The molecule has 0 heterocycles. The second kappa shape index (κ2) is 8.68. The molecule has 0 unspecified atom stereocenters. The fraction of sp³-hybridized carbons (Fsp3) is 0.176. The first-order valence-corrected chi connectivity index (χ1v) is 8.67. The zero-order chi connectivity index (χ0) is 19.3. The van der Waals surface area contributed by atoms with Crippen molar-refractivity contribution in [1.82, 2.24) is 10.2 Å². The molecule has 136 valence electrons. The Hall–Kier alpha value is -2.58. The van der Waals surface area contributed by atoms with Gasteiger partial charge in [0, 0.05) is 41.0 Å². The Bertz CT molecular complexity index is 840. The monoisotopic (exact) mass is 393 g/mol. The Balaban J connectivity index is 2.29. The van der Waals surface area contributed by atoms with Crippen LogP contribution in [0.4, 0.5) is 5.69 Å². The number of carbonyl (C=O) groups excluding carboxylic acids is 2. The summed E-state index contributed by atoms with van der Waals surface area (Å²) in [7, 11) is 3.15. The van der Waals surface area contributed by atoms with Crippen molar-refractivity contribution in [2.45, 2.75) is 9.79 Å². The van der Waals surface area contributed by atoms with Crippen LogP contribution in [-0.2, 0) is 4.79 Å². The van der Waals surface area contributed by atoms with E-state index in [1.807, 2.05) is 0 Å². The van der Waals surface area contributed by atoms with E-state index in [1.54, 1.807) is 38.4 Å². The normalized spacial score (nSPS) is 10.3. The van der Waals surface area contributed by atoms with Crippen molar-refractivity contribution in [3.63, 3.8) is 0 Å². The highest BCUT2D eigenvalue weighted by Gasteiger charge is 2.18. The van der Waals surface area contributed by atoms with Crippen molar-refractivity contribution >= 4 is 40.9 Å². The molecule has 0 bridgehead atoms. The molecule has 0 aromatic heterocycles. The van der Waals surface area contributed by atoms with Gasteiger partial charge in [0.15, 0.2) is 0 Å². The van der Waals surface area contributed by atoms with Crippen LogP contribution in [0.25, 0.3) is 0 Å². The molecule has 7 nitrogen and oxygen atoms in total. The molecule has 2 rings (SSSR count). The number of nitro benzene ring substituents is 1. The van der Waals surface area contributed by atoms with E-state index in [0.717, 1.165) is 4.90 Å². The molecule has 1 N–H and O–H groups in total. The predicted molar refractivity (Wildman–Crippen MR) is 99.7 cm³/mol. The number of hydrogen-bond donors (Lipinski definition) is 1. The van der Waals surface area contributed by atoms with Crippen LogP contribution in [0.15, 0.2) is 52.3 Å². The zero-order valence-electron chi connectivity index (χ0n) is 14.1. The lowest BCUT2D eigenvalue weighted by atomic mass is 10.2. The lowest BCUT2D eigenvalue weighted by Gasteiger charge is -2.12. The molecule has 0 aliphatic heterocycles. The standard InChI is InChI=1S/C17H16ClN3O4S/c1-20(2)16(22)10-19-17(23)14-9-12(21(24)25)5-8-15(14)26-13-6-3-11(18)4-7-13/h3-9H,10H2,1-2H3,(H,19,23). The minimum atomic E-state index is -0.571. The number of hydrogen-bond acceptors (Lipinski definition) is 5. The fourth-order valence-electron chi connectivity index (χ4n) is 1.94. The number of nitrogens with one attached hydrogen (secondary N) is 1. The molecule has 0 fully saturated rings. The van der Waals surface area contributed by atoms with Gasteiger partial charge in [-0.2, -0.15) is 0 Å². The maximum absolute atomic E-state index is 12.5. The number of carbonyl (C=O) groups is 2. The number of non-ortho nitro benzene ring substituents is 1. The predicted octanol–water partition coefficient (Wildman–Crippen LogP) is 3.22. The quantitative estimate of drug-likeness (QED) is 0.600. The molecule has 0 atom stereocenters. The zero-order valence-corrected chi connectivity index (χ0v) is 15.6. The number of nitro groups is 1. The van der Waals surface area contributed by atoms with Crippen LogP contribution < -0.4 is 5.32 Å². The molecule has 2 amide bonds. The van der Waals surface area contributed by atoms with E-state index in [0.29, 0.717) is 9.92 Å². The maximum atomic E-state index is 12.5. The van der Waals surface area contributed by atoms with Gasteiger partial charge in [0.2, 0.25) is 5.91 Å². The second-order valence-corrected chi connectivity index (χ2v) is 7.02. The molecule has 0 saturated carbocycles. The Morgan fingerprint density at radius 2 is 1.85 bits per heavy atom. The van der Waals surface area contributed by atoms with Crippen LogP contribution in [0.5, 0.6) is 0 Å². The number of rotatable bonds is 6. The Kier molecular flexibility index (Phi) is 6.59. The third-order valence-corrected chi connectivity index (χ3v) is 4.69. The van der Waals surface area contributed by atoms with Crippen molar-refractivity contribution in [3.05, 3.63) is 63.2 Å². The smallest absolute Gasteiger partial charge is 0.270 e. The Morgan fingerprint density at radius 3 is 2.42 bits per heavy atom. The van der Waals surface area contributed by atoms with Gasteiger partial charge >= 0.3 is 0 Å². The van der Waals surface area contributed by atoms with Crippen LogP contribution in [0.1, 0.15) is 10.4 Å². The highest BCUT2D eigenvalue weighted by atomic mass is 35.5. The number of nitrogens with zero attached hydrogens (tertiary/aromatic N) is 2. The molecular weight excluding hydrogens is 378 g/mol. The summed E-state index contributed by atoms with van der Waals surface area (Å²) >= 11 is 7.14. The highest BCUT2D eigenvalue weighted by molar-refractivity contribution is 7.99. The third kappa shape index (κ3) is 5.21. The largest absolute Gasteiger partial charge is 0.347 e. The summed E-state index contributed by atoms with van der Waals surface area (Å²) in [6.07, 6.45) is 0. The number of halogens is 1. The van der Waals surface area contributed by atoms with E-state index in [-0.39, 0.29) is 23.7 Å². The van der Waals surface area contributed by atoms with E-state index in [4.69, 9.17) is 11.6 Å². The molecule has 9 heteroatoms.